The monoisotopic (exact) mass is 327 g/mol. The van der Waals surface area contributed by atoms with Gasteiger partial charge in [-0.15, -0.1) is 0 Å². The predicted octanol–water partition coefficient (Wildman–Crippen LogP) is 2.70. The summed E-state index contributed by atoms with van der Waals surface area (Å²) in [6, 6.07) is 14.3. The van der Waals surface area contributed by atoms with Gasteiger partial charge in [-0.3, -0.25) is 4.79 Å². The molecular weight excluding hydrogens is 302 g/mol. The molecule has 0 aromatic heterocycles. The number of phenols is 1. The van der Waals surface area contributed by atoms with Crippen LogP contribution in [0, 0.1) is 6.92 Å². The molecule has 0 aliphatic carbocycles. The van der Waals surface area contributed by atoms with Crippen molar-refractivity contribution in [1.29, 1.82) is 0 Å². The van der Waals surface area contributed by atoms with Crippen molar-refractivity contribution in [2.24, 2.45) is 0 Å². The molecule has 0 aliphatic rings. The average Bonchev–Trinajstić information content (AvgIpc) is 2.56. The molecule has 4 nitrogen and oxygen atoms in total. The number of rotatable bonds is 6. The van der Waals surface area contributed by atoms with Gasteiger partial charge in [-0.2, -0.15) is 0 Å². The summed E-state index contributed by atoms with van der Waals surface area (Å²) in [5.41, 5.74) is 2.35. The van der Waals surface area contributed by atoms with Gasteiger partial charge in [0, 0.05) is 0 Å². The number of aliphatic hydroxyl groups is 1. The van der Waals surface area contributed by atoms with Gasteiger partial charge < -0.3 is 15.5 Å². The van der Waals surface area contributed by atoms with Crippen LogP contribution in [0.1, 0.15) is 30.5 Å². The van der Waals surface area contributed by atoms with E-state index in [1.807, 2.05) is 45.0 Å². The highest BCUT2D eigenvalue weighted by atomic mass is 16.3. The van der Waals surface area contributed by atoms with Crippen LogP contribution in [0.15, 0.2) is 48.5 Å². The molecule has 0 aliphatic heterocycles. The van der Waals surface area contributed by atoms with Crippen LogP contribution < -0.4 is 5.32 Å². The van der Waals surface area contributed by atoms with E-state index in [-0.39, 0.29) is 24.3 Å². The highest BCUT2D eigenvalue weighted by Gasteiger charge is 2.31. The zero-order valence-electron chi connectivity index (χ0n) is 14.4. The fourth-order valence-electron chi connectivity index (χ4n) is 2.54. The minimum atomic E-state index is -0.684. The zero-order valence-corrected chi connectivity index (χ0v) is 14.4. The van der Waals surface area contributed by atoms with Gasteiger partial charge in [-0.25, -0.2) is 0 Å². The summed E-state index contributed by atoms with van der Waals surface area (Å²) in [6.07, 6.45) is 0.506. The first-order chi connectivity index (χ1) is 11.3. The molecule has 0 fully saturated rings. The third-order valence-electron chi connectivity index (χ3n) is 4.31. The molecule has 0 radical (unpaired) electrons. The lowest BCUT2D eigenvalue weighted by Crippen LogP contribution is -2.47. The average molecular weight is 327 g/mol. The summed E-state index contributed by atoms with van der Waals surface area (Å²) in [6.45, 7) is 5.62. The highest BCUT2D eigenvalue weighted by Crippen LogP contribution is 2.24. The van der Waals surface area contributed by atoms with Gasteiger partial charge in [0.2, 0.25) is 5.91 Å². The second kappa shape index (κ2) is 7.49. The van der Waals surface area contributed by atoms with Gasteiger partial charge in [0.15, 0.2) is 0 Å². The molecule has 0 bridgehead atoms. The van der Waals surface area contributed by atoms with Gasteiger partial charge in [-0.05, 0) is 50.5 Å². The van der Waals surface area contributed by atoms with Gasteiger partial charge >= 0.3 is 0 Å². The van der Waals surface area contributed by atoms with Crippen LogP contribution in [0.4, 0.5) is 0 Å². The Hall–Kier alpha value is -2.33. The molecule has 0 unspecified atom stereocenters. The quantitative estimate of drug-likeness (QED) is 0.764. The van der Waals surface area contributed by atoms with Gasteiger partial charge in [-0.1, -0.05) is 42.0 Å². The Bertz CT molecular complexity index is 675. The zero-order chi connectivity index (χ0) is 17.7. The minimum Gasteiger partial charge on any atom is -0.508 e. The molecule has 1 atom stereocenters. The van der Waals surface area contributed by atoms with Crippen LogP contribution in [0.2, 0.25) is 0 Å². The maximum Gasteiger partial charge on any atom is 0.230 e. The van der Waals surface area contributed by atoms with Crippen molar-refractivity contribution in [2.45, 2.75) is 38.6 Å². The lowest BCUT2D eigenvalue weighted by Gasteiger charge is -2.27. The minimum absolute atomic E-state index is 0.121. The standard InChI is InChI=1S/C20H25NO3/c1-14-4-8-16(9-5-14)20(2,3)19(24)21-17(13-22)12-15-6-10-18(23)11-7-15/h4-11,17,22-23H,12-13H2,1-3H3,(H,21,24)/t17-/m0/s1. The SMILES string of the molecule is Cc1ccc(C(C)(C)C(=O)N[C@H](CO)Cc2ccc(O)cc2)cc1. The number of amides is 1. The van der Waals surface area contributed by atoms with Crippen LogP contribution in [-0.2, 0) is 16.6 Å². The van der Waals surface area contributed by atoms with Crippen molar-refractivity contribution >= 4 is 5.91 Å². The summed E-state index contributed by atoms with van der Waals surface area (Å²) in [7, 11) is 0. The number of carbonyl (C=O) groups excluding carboxylic acids is 1. The first-order valence-electron chi connectivity index (χ1n) is 8.10. The molecule has 1 amide bonds. The smallest absolute Gasteiger partial charge is 0.230 e. The first kappa shape index (κ1) is 18.0. The number of nitrogens with one attached hydrogen (secondary N) is 1. The van der Waals surface area contributed by atoms with E-state index in [0.29, 0.717) is 6.42 Å². The third-order valence-corrected chi connectivity index (χ3v) is 4.31. The van der Waals surface area contributed by atoms with Gasteiger partial charge in [0.1, 0.15) is 5.75 Å². The molecule has 0 spiro atoms. The summed E-state index contributed by atoms with van der Waals surface area (Å²) in [5.74, 6) is 0.0769. The fourth-order valence-corrected chi connectivity index (χ4v) is 2.54. The number of aliphatic hydroxyl groups excluding tert-OH is 1. The number of carbonyl (C=O) groups is 1. The maximum atomic E-state index is 12.7. The van der Waals surface area contributed by atoms with E-state index < -0.39 is 5.41 Å². The van der Waals surface area contributed by atoms with Crippen molar-refractivity contribution in [3.05, 3.63) is 65.2 Å². The van der Waals surface area contributed by atoms with Crippen molar-refractivity contribution < 1.29 is 15.0 Å². The van der Waals surface area contributed by atoms with E-state index in [1.165, 1.54) is 0 Å². The largest absolute Gasteiger partial charge is 0.508 e. The fraction of sp³-hybridized carbons (Fsp3) is 0.350. The second-order valence-electron chi connectivity index (χ2n) is 6.71. The molecular formula is C20H25NO3. The van der Waals surface area contributed by atoms with Gasteiger partial charge in [0.05, 0.1) is 18.1 Å². The number of aromatic hydroxyl groups is 1. The Kier molecular flexibility index (Phi) is 5.62. The Morgan fingerprint density at radius 2 is 1.67 bits per heavy atom. The van der Waals surface area contributed by atoms with E-state index in [2.05, 4.69) is 5.32 Å². The van der Waals surface area contributed by atoms with E-state index in [1.54, 1.807) is 24.3 Å². The van der Waals surface area contributed by atoms with Gasteiger partial charge in [0.25, 0.3) is 0 Å². The number of aryl methyl sites for hydroxylation is 1. The van der Waals surface area contributed by atoms with E-state index in [4.69, 9.17) is 0 Å². The molecule has 0 saturated heterocycles. The summed E-state index contributed by atoms with van der Waals surface area (Å²) in [5, 5.41) is 21.9. The van der Waals surface area contributed by atoms with Crippen LogP contribution in [0.3, 0.4) is 0 Å². The van der Waals surface area contributed by atoms with E-state index in [0.717, 1.165) is 16.7 Å². The molecule has 4 heteroatoms. The van der Waals surface area contributed by atoms with Crippen molar-refractivity contribution in [3.63, 3.8) is 0 Å². The van der Waals surface area contributed by atoms with E-state index in [9.17, 15) is 15.0 Å². The number of hydrogen-bond acceptors (Lipinski definition) is 3. The van der Waals surface area contributed by atoms with Crippen LogP contribution in [-0.4, -0.2) is 28.8 Å². The molecule has 2 aromatic carbocycles. The normalized spacial score (nSPS) is 12.7. The molecule has 0 saturated carbocycles. The Balaban J connectivity index is 2.07. The van der Waals surface area contributed by atoms with Crippen LogP contribution >= 0.6 is 0 Å². The number of phenolic OH excluding ortho intramolecular Hbond substituents is 1. The third kappa shape index (κ3) is 4.36. The summed E-state index contributed by atoms with van der Waals surface area (Å²) >= 11 is 0. The Labute approximate surface area is 143 Å². The van der Waals surface area contributed by atoms with Crippen molar-refractivity contribution in [2.75, 3.05) is 6.61 Å². The lowest BCUT2D eigenvalue weighted by molar-refractivity contribution is -0.126. The van der Waals surface area contributed by atoms with Crippen LogP contribution in [0.25, 0.3) is 0 Å². The first-order valence-corrected chi connectivity index (χ1v) is 8.10. The predicted molar refractivity (Wildman–Crippen MR) is 95.0 cm³/mol. The van der Waals surface area contributed by atoms with E-state index >= 15 is 0 Å². The summed E-state index contributed by atoms with van der Waals surface area (Å²) in [4.78, 5) is 12.7. The number of hydrogen-bond donors (Lipinski definition) is 3. The molecule has 24 heavy (non-hydrogen) atoms. The molecule has 2 aromatic rings. The van der Waals surface area contributed by atoms with Crippen molar-refractivity contribution in [1.82, 2.24) is 5.32 Å². The molecule has 3 N–H and O–H groups in total. The maximum absolute atomic E-state index is 12.7. The number of benzene rings is 2. The van der Waals surface area contributed by atoms with Crippen LogP contribution in [0.5, 0.6) is 5.75 Å². The summed E-state index contributed by atoms with van der Waals surface area (Å²) < 4.78 is 0. The Morgan fingerprint density at radius 3 is 2.21 bits per heavy atom. The molecule has 2 rings (SSSR count). The topological polar surface area (TPSA) is 69.6 Å². The highest BCUT2D eigenvalue weighted by molar-refractivity contribution is 5.87. The lowest BCUT2D eigenvalue weighted by atomic mass is 9.83. The molecule has 128 valence electrons. The molecule has 0 heterocycles. The second-order valence-corrected chi connectivity index (χ2v) is 6.71. The van der Waals surface area contributed by atoms with Crippen molar-refractivity contribution in [3.8, 4) is 5.75 Å². The Morgan fingerprint density at radius 1 is 1.08 bits per heavy atom.